The lowest BCUT2D eigenvalue weighted by molar-refractivity contribution is -0.0415. The Morgan fingerprint density at radius 1 is 1.11 bits per heavy atom. The summed E-state index contributed by atoms with van der Waals surface area (Å²) in [5.41, 5.74) is 5.66. The Bertz CT molecular complexity index is 1220. The normalized spacial score (nSPS) is 25.8. The van der Waals surface area contributed by atoms with Gasteiger partial charge in [0.1, 0.15) is 0 Å². The Morgan fingerprint density at radius 2 is 1.91 bits per heavy atom. The zero-order valence-corrected chi connectivity index (χ0v) is 21.1. The predicted molar refractivity (Wildman–Crippen MR) is 141 cm³/mol. The van der Waals surface area contributed by atoms with Crippen LogP contribution in [0.15, 0.2) is 66.9 Å². The Hall–Kier alpha value is -2.98. The van der Waals surface area contributed by atoms with E-state index in [4.69, 9.17) is 0 Å². The number of aromatic nitrogens is 1. The van der Waals surface area contributed by atoms with Gasteiger partial charge in [-0.05, 0) is 98.7 Å². The van der Waals surface area contributed by atoms with Crippen molar-refractivity contribution in [3.05, 3.63) is 94.8 Å². The van der Waals surface area contributed by atoms with Crippen molar-refractivity contribution < 1.29 is 9.90 Å². The van der Waals surface area contributed by atoms with Crippen LogP contribution < -0.4 is 4.90 Å². The molecule has 182 valence electrons. The van der Waals surface area contributed by atoms with E-state index in [0.717, 1.165) is 61.9 Å². The van der Waals surface area contributed by atoms with Crippen LogP contribution in [0, 0.1) is 12.8 Å². The first-order chi connectivity index (χ1) is 16.9. The number of rotatable bonds is 4. The number of carbonyl (C=O) groups is 1. The van der Waals surface area contributed by atoms with Gasteiger partial charge in [0.2, 0.25) is 0 Å². The minimum absolute atomic E-state index is 0.0116. The molecule has 3 atom stereocenters. The second kappa shape index (κ2) is 9.23. The van der Waals surface area contributed by atoms with Gasteiger partial charge in [-0.1, -0.05) is 43.3 Å². The van der Waals surface area contributed by atoms with Gasteiger partial charge in [-0.3, -0.25) is 9.78 Å². The molecule has 2 aliphatic rings. The molecule has 1 aromatic heterocycles. The summed E-state index contributed by atoms with van der Waals surface area (Å²) in [6.07, 6.45) is 8.24. The van der Waals surface area contributed by atoms with Gasteiger partial charge in [0.05, 0.1) is 17.0 Å². The van der Waals surface area contributed by atoms with Crippen molar-refractivity contribution in [2.24, 2.45) is 5.92 Å². The first-order valence-electron chi connectivity index (χ1n) is 13.0. The van der Waals surface area contributed by atoms with Gasteiger partial charge in [0.15, 0.2) is 0 Å². The predicted octanol–water partition coefficient (Wildman–Crippen LogP) is 6.23. The Balaban J connectivity index is 1.58. The summed E-state index contributed by atoms with van der Waals surface area (Å²) < 4.78 is 0. The summed E-state index contributed by atoms with van der Waals surface area (Å²) in [5.74, 6) is 0.370. The molecule has 2 aromatic carbocycles. The molecule has 1 saturated carbocycles. The number of aryl methyl sites for hydroxylation is 2. The lowest BCUT2D eigenvalue weighted by Gasteiger charge is -2.50. The molecule has 0 aliphatic heterocycles. The molecule has 1 heterocycles. The minimum atomic E-state index is -0.576. The zero-order chi connectivity index (χ0) is 24.6. The van der Waals surface area contributed by atoms with Gasteiger partial charge >= 0.3 is 0 Å². The largest absolute Gasteiger partial charge is 0.390 e. The third-order valence-corrected chi connectivity index (χ3v) is 8.73. The number of carbonyl (C=O) groups excluding carboxylic acids is 1. The van der Waals surface area contributed by atoms with Gasteiger partial charge in [-0.2, -0.15) is 0 Å². The van der Waals surface area contributed by atoms with Crippen LogP contribution in [0.3, 0.4) is 0 Å². The van der Waals surface area contributed by atoms with Crippen LogP contribution in [-0.2, 0) is 11.8 Å². The van der Waals surface area contributed by atoms with Crippen molar-refractivity contribution >= 4 is 11.6 Å². The van der Waals surface area contributed by atoms with Gasteiger partial charge in [0.25, 0.3) is 5.91 Å². The first kappa shape index (κ1) is 23.7. The molecule has 5 rings (SSSR count). The smallest absolute Gasteiger partial charge is 0.258 e. The van der Waals surface area contributed by atoms with Crippen molar-refractivity contribution in [1.82, 2.24) is 4.98 Å². The highest BCUT2D eigenvalue weighted by atomic mass is 16.3. The topological polar surface area (TPSA) is 53.4 Å². The summed E-state index contributed by atoms with van der Waals surface area (Å²) in [6, 6.07) is 21.0. The van der Waals surface area contributed by atoms with Gasteiger partial charge in [0, 0.05) is 24.2 Å². The summed E-state index contributed by atoms with van der Waals surface area (Å²) in [4.78, 5) is 19.5. The molecule has 4 nitrogen and oxygen atoms in total. The highest BCUT2D eigenvalue weighted by molar-refractivity contribution is 6.06. The summed E-state index contributed by atoms with van der Waals surface area (Å²) in [7, 11) is 1.83. The van der Waals surface area contributed by atoms with E-state index in [1.165, 1.54) is 16.7 Å². The SMILES string of the molecule is CC[C@@]1(O)CCC2(c3ccccc3)c3ccc(C(=O)N(C)c4cccnc4C)cc3CCC[C@H]2C1. The molecule has 0 radical (unpaired) electrons. The fraction of sp³-hybridized carbons (Fsp3) is 0.419. The number of anilines is 1. The molecule has 1 N–H and O–H groups in total. The van der Waals surface area contributed by atoms with Crippen LogP contribution in [0.5, 0.6) is 0 Å². The number of hydrogen-bond donors (Lipinski definition) is 1. The molecule has 0 spiro atoms. The van der Waals surface area contributed by atoms with Crippen molar-refractivity contribution in [2.45, 2.75) is 69.8 Å². The molecule has 1 amide bonds. The molecular weight excluding hydrogens is 432 g/mol. The number of benzene rings is 2. The van der Waals surface area contributed by atoms with Crippen molar-refractivity contribution in [3.8, 4) is 0 Å². The number of pyridine rings is 1. The first-order valence-corrected chi connectivity index (χ1v) is 13.0. The Morgan fingerprint density at radius 3 is 2.66 bits per heavy atom. The molecule has 4 heteroatoms. The summed E-state index contributed by atoms with van der Waals surface area (Å²) in [6.45, 7) is 4.04. The maximum atomic E-state index is 13.5. The molecule has 1 fully saturated rings. The molecule has 2 aliphatic carbocycles. The van der Waals surface area contributed by atoms with E-state index in [0.29, 0.717) is 5.92 Å². The number of amides is 1. The number of nitrogens with zero attached hydrogens (tertiary/aromatic N) is 2. The highest BCUT2D eigenvalue weighted by Gasteiger charge is 2.51. The van der Waals surface area contributed by atoms with Crippen LogP contribution in [0.4, 0.5) is 5.69 Å². The average molecular weight is 469 g/mol. The van der Waals surface area contributed by atoms with Crippen LogP contribution >= 0.6 is 0 Å². The lowest BCUT2D eigenvalue weighted by Crippen LogP contribution is -2.48. The highest BCUT2D eigenvalue weighted by Crippen LogP contribution is 2.55. The van der Waals surface area contributed by atoms with Crippen LogP contribution in [0.2, 0.25) is 0 Å². The van der Waals surface area contributed by atoms with E-state index in [1.807, 2.05) is 32.2 Å². The second-order valence-corrected chi connectivity index (χ2v) is 10.6. The van der Waals surface area contributed by atoms with Crippen molar-refractivity contribution in [1.29, 1.82) is 0 Å². The van der Waals surface area contributed by atoms with Crippen molar-refractivity contribution in [2.75, 3.05) is 11.9 Å². The van der Waals surface area contributed by atoms with Gasteiger partial charge in [-0.15, -0.1) is 0 Å². The maximum Gasteiger partial charge on any atom is 0.258 e. The average Bonchev–Trinajstić information content (AvgIpc) is 3.05. The molecule has 3 aromatic rings. The number of fused-ring (bicyclic) bond motifs is 3. The van der Waals surface area contributed by atoms with E-state index >= 15 is 0 Å². The molecule has 0 saturated heterocycles. The van der Waals surface area contributed by atoms with Crippen molar-refractivity contribution in [3.63, 3.8) is 0 Å². The van der Waals surface area contributed by atoms with E-state index in [2.05, 4.69) is 54.4 Å². The van der Waals surface area contributed by atoms with Crippen LogP contribution in [-0.4, -0.2) is 28.6 Å². The van der Waals surface area contributed by atoms with Crippen LogP contribution in [0.25, 0.3) is 0 Å². The Labute approximate surface area is 209 Å². The molecule has 35 heavy (non-hydrogen) atoms. The lowest BCUT2D eigenvalue weighted by atomic mass is 9.55. The summed E-state index contributed by atoms with van der Waals surface area (Å²) >= 11 is 0. The molecular formula is C31H36N2O2. The van der Waals surface area contributed by atoms with Crippen LogP contribution in [0.1, 0.15) is 78.2 Å². The number of hydrogen-bond acceptors (Lipinski definition) is 3. The minimum Gasteiger partial charge on any atom is -0.390 e. The summed E-state index contributed by atoms with van der Waals surface area (Å²) in [5, 5.41) is 11.3. The second-order valence-electron chi connectivity index (χ2n) is 10.6. The Kier molecular flexibility index (Phi) is 6.27. The molecule has 0 bridgehead atoms. The number of aliphatic hydroxyl groups is 1. The van der Waals surface area contributed by atoms with Gasteiger partial charge in [-0.25, -0.2) is 0 Å². The zero-order valence-electron chi connectivity index (χ0n) is 21.1. The third-order valence-electron chi connectivity index (χ3n) is 8.73. The molecule has 1 unspecified atom stereocenters. The fourth-order valence-corrected chi connectivity index (χ4v) is 6.71. The van der Waals surface area contributed by atoms with Gasteiger partial charge < -0.3 is 10.0 Å². The van der Waals surface area contributed by atoms with E-state index in [9.17, 15) is 9.90 Å². The third kappa shape index (κ3) is 4.08. The van der Waals surface area contributed by atoms with E-state index in [1.54, 1.807) is 11.1 Å². The standard InChI is InChI=1S/C31H36N2O2/c1-4-30(35)17-18-31(25-11-6-5-7-12-25)26(21-30)13-8-10-23-20-24(15-16-27(23)31)29(34)33(3)28-14-9-19-32-22(28)2/h5-7,9,11-12,14-16,19-20,26,35H,4,8,10,13,17-18,21H2,1-3H3/t26-,30+,31?/m0/s1. The quantitative estimate of drug-likeness (QED) is 0.494. The monoisotopic (exact) mass is 468 g/mol. The van der Waals surface area contributed by atoms with E-state index < -0.39 is 5.60 Å². The fourth-order valence-electron chi connectivity index (χ4n) is 6.71. The van der Waals surface area contributed by atoms with E-state index in [-0.39, 0.29) is 11.3 Å². The maximum absolute atomic E-state index is 13.5.